The molecular weight excluding hydrogens is 260 g/mol. The molecule has 96 valence electrons. The maximum atomic E-state index is 6.13. The Labute approximate surface area is 116 Å². The molecule has 0 amide bonds. The molecule has 1 saturated carbocycles. The lowest BCUT2D eigenvalue weighted by Crippen LogP contribution is -1.97. The first-order valence-corrected chi connectivity index (χ1v) is 6.98. The Morgan fingerprint density at radius 1 is 1.21 bits per heavy atom. The van der Waals surface area contributed by atoms with E-state index in [9.17, 15) is 0 Å². The Hall–Kier alpha value is -1.61. The van der Waals surface area contributed by atoms with Gasteiger partial charge < -0.3 is 4.74 Å². The van der Waals surface area contributed by atoms with Gasteiger partial charge in [-0.25, -0.2) is 9.97 Å². The fourth-order valence-corrected chi connectivity index (χ4v) is 2.70. The number of para-hydroxylation sites is 1. The number of ether oxygens (including phenoxy) is 1. The summed E-state index contributed by atoms with van der Waals surface area (Å²) in [5.41, 5.74) is 3.15. The highest BCUT2D eigenvalue weighted by molar-refractivity contribution is 6.29. The first-order chi connectivity index (χ1) is 9.31. The molecule has 1 aromatic carbocycles. The summed E-state index contributed by atoms with van der Waals surface area (Å²) in [6.45, 7) is 0.751. The number of rotatable bonds is 2. The summed E-state index contributed by atoms with van der Waals surface area (Å²) < 4.78 is 5.74. The number of hydrogen-bond acceptors (Lipinski definition) is 3. The third-order valence-corrected chi connectivity index (χ3v) is 3.84. The summed E-state index contributed by atoms with van der Waals surface area (Å²) in [4.78, 5) is 9.00. The highest BCUT2D eigenvalue weighted by Gasteiger charge is 2.28. The summed E-state index contributed by atoms with van der Waals surface area (Å²) in [5.74, 6) is 2.33. The van der Waals surface area contributed by atoms with Gasteiger partial charge in [-0.3, -0.25) is 0 Å². The number of hydrogen-bond donors (Lipinski definition) is 0. The number of benzene rings is 1. The molecule has 2 aromatic rings. The Morgan fingerprint density at radius 3 is 2.95 bits per heavy atom. The number of aromatic nitrogens is 2. The summed E-state index contributed by atoms with van der Waals surface area (Å²) >= 11 is 6.13. The summed E-state index contributed by atoms with van der Waals surface area (Å²) in [6, 6.07) is 8.02. The van der Waals surface area contributed by atoms with Gasteiger partial charge in [0, 0.05) is 24.0 Å². The molecule has 1 aliphatic heterocycles. The Kier molecular flexibility index (Phi) is 2.49. The van der Waals surface area contributed by atoms with E-state index in [4.69, 9.17) is 16.3 Å². The zero-order chi connectivity index (χ0) is 12.8. The SMILES string of the molecule is Clc1cc(-c2cccc3c2OCC3)nc(C2CC2)n1. The van der Waals surface area contributed by atoms with Crippen LogP contribution in [0.25, 0.3) is 11.3 Å². The van der Waals surface area contributed by atoms with Crippen LogP contribution in [0.2, 0.25) is 5.15 Å². The van der Waals surface area contributed by atoms with E-state index in [1.54, 1.807) is 0 Å². The number of nitrogens with zero attached hydrogens (tertiary/aromatic N) is 2. The molecule has 2 heterocycles. The minimum atomic E-state index is 0.495. The molecule has 4 rings (SSSR count). The van der Waals surface area contributed by atoms with Crippen LogP contribution in [0, 0.1) is 0 Å². The largest absolute Gasteiger partial charge is 0.492 e. The van der Waals surface area contributed by atoms with Gasteiger partial charge in [-0.05, 0) is 24.5 Å². The molecule has 0 N–H and O–H groups in total. The standard InChI is InChI=1S/C15H13ClN2O/c16-13-8-12(17-15(18-13)10-4-5-10)11-3-1-2-9-6-7-19-14(9)11/h1-3,8,10H,4-7H2. The van der Waals surface area contributed by atoms with E-state index in [1.807, 2.05) is 12.1 Å². The van der Waals surface area contributed by atoms with Crippen LogP contribution < -0.4 is 4.74 Å². The molecule has 4 heteroatoms. The second-order valence-corrected chi connectivity index (χ2v) is 5.49. The van der Waals surface area contributed by atoms with Crippen LogP contribution in [0.3, 0.4) is 0 Å². The van der Waals surface area contributed by atoms with Crippen molar-refractivity contribution in [2.75, 3.05) is 6.61 Å². The molecule has 2 aliphatic rings. The smallest absolute Gasteiger partial charge is 0.133 e. The second kappa shape index (κ2) is 4.20. The van der Waals surface area contributed by atoms with Gasteiger partial charge in [-0.1, -0.05) is 23.7 Å². The lowest BCUT2D eigenvalue weighted by molar-refractivity contribution is 0.358. The zero-order valence-corrected chi connectivity index (χ0v) is 11.2. The number of halogens is 1. The fourth-order valence-electron chi connectivity index (χ4n) is 2.51. The van der Waals surface area contributed by atoms with Crippen molar-refractivity contribution >= 4 is 11.6 Å². The number of fused-ring (bicyclic) bond motifs is 1. The normalized spacial score (nSPS) is 17.1. The average molecular weight is 273 g/mol. The maximum absolute atomic E-state index is 6.13. The van der Waals surface area contributed by atoms with Crippen molar-refractivity contribution in [3.8, 4) is 17.0 Å². The van der Waals surface area contributed by atoms with E-state index in [0.29, 0.717) is 11.1 Å². The minimum absolute atomic E-state index is 0.495. The monoisotopic (exact) mass is 272 g/mol. The quantitative estimate of drug-likeness (QED) is 0.784. The first kappa shape index (κ1) is 11.2. The van der Waals surface area contributed by atoms with Crippen LogP contribution in [-0.2, 0) is 6.42 Å². The molecule has 0 radical (unpaired) electrons. The minimum Gasteiger partial charge on any atom is -0.492 e. The van der Waals surface area contributed by atoms with Crippen LogP contribution in [0.1, 0.15) is 30.1 Å². The summed E-state index contributed by atoms with van der Waals surface area (Å²) in [6.07, 6.45) is 3.31. The Bertz CT molecular complexity index is 653. The van der Waals surface area contributed by atoms with Crippen LogP contribution in [0.4, 0.5) is 0 Å². The van der Waals surface area contributed by atoms with Crippen molar-refractivity contribution in [2.45, 2.75) is 25.2 Å². The lowest BCUT2D eigenvalue weighted by atomic mass is 10.1. The highest BCUT2D eigenvalue weighted by atomic mass is 35.5. The van der Waals surface area contributed by atoms with Crippen molar-refractivity contribution in [3.63, 3.8) is 0 Å². The Balaban J connectivity index is 1.86. The maximum Gasteiger partial charge on any atom is 0.133 e. The Morgan fingerprint density at radius 2 is 2.11 bits per heavy atom. The van der Waals surface area contributed by atoms with Crippen molar-refractivity contribution in [3.05, 3.63) is 40.8 Å². The second-order valence-electron chi connectivity index (χ2n) is 5.10. The van der Waals surface area contributed by atoms with E-state index in [1.165, 1.54) is 18.4 Å². The molecule has 0 bridgehead atoms. The van der Waals surface area contributed by atoms with Gasteiger partial charge >= 0.3 is 0 Å². The molecular formula is C15H13ClN2O. The molecule has 0 spiro atoms. The molecule has 1 aliphatic carbocycles. The van der Waals surface area contributed by atoms with Gasteiger partial charge in [0.25, 0.3) is 0 Å². The van der Waals surface area contributed by atoms with E-state index in [0.717, 1.165) is 35.9 Å². The van der Waals surface area contributed by atoms with Crippen LogP contribution in [0.5, 0.6) is 5.75 Å². The zero-order valence-electron chi connectivity index (χ0n) is 10.4. The van der Waals surface area contributed by atoms with Crippen molar-refractivity contribution in [1.82, 2.24) is 9.97 Å². The van der Waals surface area contributed by atoms with Crippen molar-refractivity contribution in [1.29, 1.82) is 0 Å². The predicted molar refractivity (Wildman–Crippen MR) is 73.7 cm³/mol. The van der Waals surface area contributed by atoms with Gasteiger partial charge in [0.2, 0.25) is 0 Å². The third kappa shape index (κ3) is 1.98. The fraction of sp³-hybridized carbons (Fsp3) is 0.333. The first-order valence-electron chi connectivity index (χ1n) is 6.61. The van der Waals surface area contributed by atoms with Gasteiger partial charge in [0.1, 0.15) is 16.7 Å². The van der Waals surface area contributed by atoms with E-state index >= 15 is 0 Å². The van der Waals surface area contributed by atoms with Crippen molar-refractivity contribution in [2.24, 2.45) is 0 Å². The summed E-state index contributed by atoms with van der Waals surface area (Å²) in [5, 5.41) is 0.516. The third-order valence-electron chi connectivity index (χ3n) is 3.65. The molecule has 1 aromatic heterocycles. The molecule has 0 unspecified atom stereocenters. The van der Waals surface area contributed by atoms with Gasteiger partial charge in [-0.2, -0.15) is 0 Å². The molecule has 19 heavy (non-hydrogen) atoms. The van der Waals surface area contributed by atoms with Gasteiger partial charge in [0.05, 0.1) is 12.3 Å². The van der Waals surface area contributed by atoms with Crippen LogP contribution >= 0.6 is 11.6 Å². The lowest BCUT2D eigenvalue weighted by Gasteiger charge is -2.09. The molecule has 3 nitrogen and oxygen atoms in total. The van der Waals surface area contributed by atoms with Gasteiger partial charge in [0.15, 0.2) is 0 Å². The summed E-state index contributed by atoms with van der Waals surface area (Å²) in [7, 11) is 0. The van der Waals surface area contributed by atoms with Crippen LogP contribution in [0.15, 0.2) is 24.3 Å². The van der Waals surface area contributed by atoms with E-state index in [2.05, 4.69) is 22.1 Å². The highest BCUT2D eigenvalue weighted by Crippen LogP contribution is 2.41. The molecule has 0 saturated heterocycles. The van der Waals surface area contributed by atoms with E-state index < -0.39 is 0 Å². The average Bonchev–Trinajstić information content (AvgIpc) is 3.15. The van der Waals surface area contributed by atoms with Crippen molar-refractivity contribution < 1.29 is 4.74 Å². The van der Waals surface area contributed by atoms with Gasteiger partial charge in [-0.15, -0.1) is 0 Å². The topological polar surface area (TPSA) is 35.0 Å². The molecule has 0 atom stereocenters. The van der Waals surface area contributed by atoms with Crippen LogP contribution in [-0.4, -0.2) is 16.6 Å². The molecule has 1 fully saturated rings. The predicted octanol–water partition coefficient (Wildman–Crippen LogP) is 3.61. The van der Waals surface area contributed by atoms with E-state index in [-0.39, 0.29) is 0 Å².